The van der Waals surface area contributed by atoms with Gasteiger partial charge in [0.05, 0.1) is 25.9 Å². The van der Waals surface area contributed by atoms with Crippen molar-refractivity contribution in [2.75, 3.05) is 40.9 Å². The lowest BCUT2D eigenvalue weighted by Crippen LogP contribution is -2.52. The zero-order chi connectivity index (χ0) is 22.5. The van der Waals surface area contributed by atoms with Gasteiger partial charge in [0.25, 0.3) is 0 Å². The molecular weight excluding hydrogens is 402 g/mol. The van der Waals surface area contributed by atoms with Crippen LogP contribution in [0.5, 0.6) is 17.2 Å². The molecule has 2 aliphatic heterocycles. The molecule has 2 aliphatic rings. The number of rotatable bonds is 9. The molecule has 0 aromatic heterocycles. The smallest absolute Gasteiger partial charge is 0.164 e. The first-order valence-electron chi connectivity index (χ1n) is 11.4. The zero-order valence-electron chi connectivity index (χ0n) is 19.3. The zero-order valence-corrected chi connectivity index (χ0v) is 19.3. The van der Waals surface area contributed by atoms with E-state index in [2.05, 4.69) is 22.9 Å². The highest BCUT2D eigenvalue weighted by Gasteiger charge is 2.38. The van der Waals surface area contributed by atoms with Crippen molar-refractivity contribution in [3.63, 3.8) is 0 Å². The maximum absolute atomic E-state index is 9.15. The minimum atomic E-state index is -0.0917. The minimum absolute atomic E-state index is 0.0917. The molecule has 3 atom stereocenters. The maximum Gasteiger partial charge on any atom is 0.164 e. The number of methoxy groups -OCH3 is 2. The Morgan fingerprint density at radius 2 is 1.69 bits per heavy atom. The van der Waals surface area contributed by atoms with E-state index in [1.807, 2.05) is 42.5 Å². The average Bonchev–Trinajstić information content (AvgIpc) is 3.06. The third-order valence-corrected chi connectivity index (χ3v) is 6.74. The number of ether oxygens (including phenoxy) is 3. The highest BCUT2D eigenvalue weighted by molar-refractivity contribution is 5.45. The van der Waals surface area contributed by atoms with Gasteiger partial charge in [-0.05, 0) is 69.1 Å². The lowest BCUT2D eigenvalue weighted by molar-refractivity contribution is 0.0765. The van der Waals surface area contributed by atoms with Crippen LogP contribution in [0.2, 0.25) is 0 Å². The minimum Gasteiger partial charge on any atom is -0.493 e. The molecule has 2 bridgehead atoms. The van der Waals surface area contributed by atoms with Gasteiger partial charge in [-0.3, -0.25) is 4.90 Å². The largest absolute Gasteiger partial charge is 0.493 e. The molecule has 0 spiro atoms. The molecular formula is C26H33N3O3. The predicted octanol–water partition coefficient (Wildman–Crippen LogP) is 4.25. The molecule has 0 amide bonds. The molecule has 4 rings (SSSR count). The Hall–Kier alpha value is -2.75. The molecule has 0 N–H and O–H groups in total. The van der Waals surface area contributed by atoms with Crippen molar-refractivity contribution >= 4 is 0 Å². The fourth-order valence-electron chi connectivity index (χ4n) is 5.15. The van der Waals surface area contributed by atoms with Gasteiger partial charge in [-0.1, -0.05) is 12.1 Å². The molecule has 2 heterocycles. The van der Waals surface area contributed by atoms with Crippen LogP contribution in [0, 0.1) is 11.3 Å². The Kier molecular flexibility index (Phi) is 7.19. The van der Waals surface area contributed by atoms with E-state index in [0.29, 0.717) is 29.1 Å². The normalized spacial score (nSPS) is 21.7. The highest BCUT2D eigenvalue weighted by atomic mass is 16.5. The van der Waals surface area contributed by atoms with Crippen molar-refractivity contribution in [2.45, 2.75) is 43.9 Å². The Morgan fingerprint density at radius 1 is 1.00 bits per heavy atom. The number of hydrogen-bond donors (Lipinski definition) is 0. The molecule has 2 saturated heterocycles. The highest BCUT2D eigenvalue weighted by Crippen LogP contribution is 2.35. The first-order chi connectivity index (χ1) is 15.6. The monoisotopic (exact) mass is 435 g/mol. The van der Waals surface area contributed by atoms with Crippen molar-refractivity contribution in [3.8, 4) is 23.3 Å². The molecule has 0 saturated carbocycles. The van der Waals surface area contributed by atoms with E-state index in [1.54, 1.807) is 14.2 Å². The van der Waals surface area contributed by atoms with Crippen molar-refractivity contribution in [1.29, 1.82) is 5.26 Å². The molecule has 3 unspecified atom stereocenters. The fraction of sp³-hybridized carbons (Fsp3) is 0.500. The quantitative estimate of drug-likeness (QED) is 0.587. The Balaban J connectivity index is 1.46. The van der Waals surface area contributed by atoms with Crippen LogP contribution in [0.1, 0.15) is 42.9 Å². The van der Waals surface area contributed by atoms with E-state index < -0.39 is 0 Å². The fourth-order valence-corrected chi connectivity index (χ4v) is 5.15. The Morgan fingerprint density at radius 3 is 2.31 bits per heavy atom. The van der Waals surface area contributed by atoms with Crippen LogP contribution in [-0.2, 0) is 0 Å². The summed E-state index contributed by atoms with van der Waals surface area (Å²) in [5.41, 5.74) is 1.74. The molecule has 0 radical (unpaired) electrons. The summed E-state index contributed by atoms with van der Waals surface area (Å²) in [7, 11) is 5.49. The molecule has 32 heavy (non-hydrogen) atoms. The van der Waals surface area contributed by atoms with Crippen LogP contribution in [0.25, 0.3) is 0 Å². The topological polar surface area (TPSA) is 58.0 Å². The molecule has 170 valence electrons. The molecule has 2 aromatic carbocycles. The number of likely N-dealkylation sites (N-methyl/N-ethyl adjacent to an activating group) is 1. The third-order valence-electron chi connectivity index (χ3n) is 6.74. The van der Waals surface area contributed by atoms with Crippen molar-refractivity contribution in [3.05, 3.63) is 53.6 Å². The van der Waals surface area contributed by atoms with Gasteiger partial charge in [0.15, 0.2) is 11.5 Å². The third kappa shape index (κ3) is 5.01. The summed E-state index contributed by atoms with van der Waals surface area (Å²) in [6.45, 7) is 3.46. The summed E-state index contributed by atoms with van der Waals surface area (Å²) in [6.07, 6.45) is 4.51. The Bertz CT molecular complexity index is 926. The van der Waals surface area contributed by atoms with Gasteiger partial charge in [-0.2, -0.15) is 5.26 Å². The molecule has 6 nitrogen and oxygen atoms in total. The standard InChI is InChI=1S/C26H33N3O3/c1-28-17-21-10-11-22(18-28)29(21)14-4-5-24(20-8-6-19(16-27)7-9-20)32-23-12-13-25(30-2)26(15-23)31-3/h6-9,12-13,15,21-22,24H,4-5,10-11,14,17-18H2,1-3H3. The lowest BCUT2D eigenvalue weighted by atomic mass is 10.0. The van der Waals surface area contributed by atoms with Crippen LogP contribution in [-0.4, -0.2) is 62.8 Å². The van der Waals surface area contributed by atoms with Gasteiger partial charge in [0.2, 0.25) is 0 Å². The van der Waals surface area contributed by atoms with Crippen LogP contribution in [0.3, 0.4) is 0 Å². The van der Waals surface area contributed by atoms with Crippen molar-refractivity contribution < 1.29 is 14.2 Å². The summed E-state index contributed by atoms with van der Waals surface area (Å²) in [6, 6.07) is 17.0. The van der Waals surface area contributed by atoms with Crippen LogP contribution < -0.4 is 14.2 Å². The number of fused-ring (bicyclic) bond motifs is 2. The first kappa shape index (κ1) is 22.4. The van der Waals surface area contributed by atoms with Gasteiger partial charge in [-0.25, -0.2) is 0 Å². The molecule has 6 heteroatoms. The van der Waals surface area contributed by atoms with Crippen LogP contribution >= 0.6 is 0 Å². The predicted molar refractivity (Wildman–Crippen MR) is 124 cm³/mol. The van der Waals surface area contributed by atoms with Gasteiger partial charge in [-0.15, -0.1) is 0 Å². The average molecular weight is 436 g/mol. The Labute approximate surface area is 191 Å². The van der Waals surface area contributed by atoms with E-state index in [-0.39, 0.29) is 6.10 Å². The summed E-state index contributed by atoms with van der Waals surface area (Å²) in [4.78, 5) is 5.19. The van der Waals surface area contributed by atoms with Crippen molar-refractivity contribution in [2.24, 2.45) is 0 Å². The van der Waals surface area contributed by atoms with E-state index >= 15 is 0 Å². The summed E-state index contributed by atoms with van der Waals surface area (Å²) in [5.74, 6) is 2.08. The second-order valence-electron chi connectivity index (χ2n) is 8.84. The van der Waals surface area contributed by atoms with Crippen molar-refractivity contribution in [1.82, 2.24) is 9.80 Å². The summed E-state index contributed by atoms with van der Waals surface area (Å²) in [5, 5.41) is 9.15. The number of benzene rings is 2. The number of piperazine rings is 1. The summed E-state index contributed by atoms with van der Waals surface area (Å²) >= 11 is 0. The van der Waals surface area contributed by atoms with Gasteiger partial charge >= 0.3 is 0 Å². The number of hydrogen-bond acceptors (Lipinski definition) is 6. The van der Waals surface area contributed by atoms with E-state index in [9.17, 15) is 0 Å². The number of likely N-dealkylation sites (tertiary alicyclic amines) is 1. The van der Waals surface area contributed by atoms with E-state index in [0.717, 1.165) is 30.7 Å². The maximum atomic E-state index is 9.15. The second kappa shape index (κ2) is 10.2. The van der Waals surface area contributed by atoms with Gasteiger partial charge in [0, 0.05) is 31.2 Å². The van der Waals surface area contributed by atoms with Crippen LogP contribution in [0.15, 0.2) is 42.5 Å². The second-order valence-corrected chi connectivity index (χ2v) is 8.84. The van der Waals surface area contributed by atoms with Crippen LogP contribution in [0.4, 0.5) is 0 Å². The SMILES string of the molecule is COc1ccc(OC(CCCN2C3CCC2CN(C)C3)c2ccc(C#N)cc2)cc1OC. The molecule has 0 aliphatic carbocycles. The molecule has 2 aromatic rings. The van der Waals surface area contributed by atoms with E-state index in [1.165, 1.54) is 25.9 Å². The first-order valence-corrected chi connectivity index (χ1v) is 11.4. The summed E-state index contributed by atoms with van der Waals surface area (Å²) < 4.78 is 17.2. The van der Waals surface area contributed by atoms with E-state index in [4.69, 9.17) is 19.5 Å². The molecule has 2 fully saturated rings. The number of nitrogens with zero attached hydrogens (tertiary/aromatic N) is 3. The lowest BCUT2D eigenvalue weighted by Gasteiger charge is -2.39. The van der Waals surface area contributed by atoms with Gasteiger partial charge < -0.3 is 19.1 Å². The van der Waals surface area contributed by atoms with Gasteiger partial charge in [0.1, 0.15) is 11.9 Å². The number of nitriles is 1.